The molecule has 144 valence electrons. The van der Waals surface area contributed by atoms with Crippen LogP contribution in [0.3, 0.4) is 0 Å². The van der Waals surface area contributed by atoms with Crippen LogP contribution in [0.15, 0.2) is 70.1 Å². The van der Waals surface area contributed by atoms with Crippen molar-refractivity contribution in [3.05, 3.63) is 66.6 Å². The number of ketones is 1. The Morgan fingerprint density at radius 1 is 1.04 bits per heavy atom. The first-order valence-electron chi connectivity index (χ1n) is 8.83. The monoisotopic (exact) mass is 400 g/mol. The van der Waals surface area contributed by atoms with Gasteiger partial charge in [-0.25, -0.2) is 12.8 Å². The zero-order valence-corrected chi connectivity index (χ0v) is 15.6. The number of benzene rings is 2. The van der Waals surface area contributed by atoms with Gasteiger partial charge in [-0.1, -0.05) is 53.7 Å². The Hall–Kier alpha value is -2.87. The molecule has 0 saturated heterocycles. The van der Waals surface area contributed by atoms with Crippen molar-refractivity contribution in [3.63, 3.8) is 0 Å². The molecule has 1 fully saturated rings. The van der Waals surface area contributed by atoms with Gasteiger partial charge in [-0.15, -0.1) is 0 Å². The zero-order valence-electron chi connectivity index (χ0n) is 14.8. The lowest BCUT2D eigenvalue weighted by Gasteiger charge is -2.27. The molecule has 2 aromatic carbocycles. The molecule has 0 spiro atoms. The molecule has 0 radical (unpaired) electrons. The molecule has 1 saturated carbocycles. The van der Waals surface area contributed by atoms with E-state index in [-0.39, 0.29) is 35.8 Å². The number of nitrogens with zero attached hydrogens (tertiary/aromatic N) is 2. The van der Waals surface area contributed by atoms with Gasteiger partial charge in [0.1, 0.15) is 5.78 Å². The van der Waals surface area contributed by atoms with Gasteiger partial charge in [-0.05, 0) is 18.6 Å². The van der Waals surface area contributed by atoms with Crippen LogP contribution in [0, 0.1) is 5.92 Å². The maximum absolute atomic E-state index is 16.5. The summed E-state index contributed by atoms with van der Waals surface area (Å²) in [5.41, 5.74) is 0.569. The standard InChI is InChI=1S/C20H17FN2O4S/c21-20(15-11-12-16(24)13-15,28(25,26)17-9-5-2-6-10-17)19-22-18(23-27-19)14-7-3-1-4-8-14/h1-10,15H,11-13H2. The van der Waals surface area contributed by atoms with Crippen LogP contribution >= 0.6 is 0 Å². The van der Waals surface area contributed by atoms with E-state index in [1.54, 1.807) is 36.4 Å². The molecular weight excluding hydrogens is 383 g/mol. The van der Waals surface area contributed by atoms with E-state index in [0.717, 1.165) is 0 Å². The molecule has 0 bridgehead atoms. The van der Waals surface area contributed by atoms with Crippen LogP contribution in [0.1, 0.15) is 25.2 Å². The highest BCUT2D eigenvalue weighted by Crippen LogP contribution is 2.48. The number of carbonyl (C=O) groups is 1. The Morgan fingerprint density at radius 3 is 2.29 bits per heavy atom. The number of carbonyl (C=O) groups excluding carboxylic acids is 1. The Morgan fingerprint density at radius 2 is 1.68 bits per heavy atom. The molecular formula is C20H17FN2O4S. The van der Waals surface area contributed by atoms with Crippen LogP contribution in [0.2, 0.25) is 0 Å². The van der Waals surface area contributed by atoms with Crippen molar-refractivity contribution in [3.8, 4) is 11.4 Å². The van der Waals surface area contributed by atoms with Crippen molar-refractivity contribution in [2.45, 2.75) is 29.2 Å². The van der Waals surface area contributed by atoms with E-state index in [1.165, 1.54) is 24.3 Å². The van der Waals surface area contributed by atoms with Crippen LogP contribution in [-0.4, -0.2) is 24.3 Å². The van der Waals surface area contributed by atoms with Gasteiger partial charge in [0.2, 0.25) is 15.7 Å². The van der Waals surface area contributed by atoms with Crippen molar-refractivity contribution in [2.75, 3.05) is 0 Å². The molecule has 4 rings (SSSR count). The van der Waals surface area contributed by atoms with Gasteiger partial charge in [-0.2, -0.15) is 4.98 Å². The Kier molecular flexibility index (Phi) is 4.58. The third kappa shape index (κ3) is 2.93. The lowest BCUT2D eigenvalue weighted by atomic mass is 10.0. The molecule has 1 aliphatic rings. The predicted molar refractivity (Wildman–Crippen MR) is 98.5 cm³/mol. The lowest BCUT2D eigenvalue weighted by molar-refractivity contribution is -0.117. The van der Waals surface area contributed by atoms with Crippen LogP contribution in [0.4, 0.5) is 4.39 Å². The highest BCUT2D eigenvalue weighted by atomic mass is 32.2. The van der Waals surface area contributed by atoms with E-state index < -0.39 is 26.6 Å². The molecule has 1 aromatic heterocycles. The molecule has 2 unspecified atom stereocenters. The minimum Gasteiger partial charge on any atom is -0.334 e. The van der Waals surface area contributed by atoms with E-state index in [4.69, 9.17) is 4.52 Å². The Labute approximate surface area is 161 Å². The highest BCUT2D eigenvalue weighted by Gasteiger charge is 2.59. The quantitative estimate of drug-likeness (QED) is 0.649. The smallest absolute Gasteiger partial charge is 0.295 e. The van der Waals surface area contributed by atoms with Crippen LogP contribution in [0.25, 0.3) is 11.4 Å². The van der Waals surface area contributed by atoms with Crippen LogP contribution < -0.4 is 0 Å². The van der Waals surface area contributed by atoms with Gasteiger partial charge >= 0.3 is 0 Å². The maximum atomic E-state index is 16.5. The summed E-state index contributed by atoms with van der Waals surface area (Å²) in [6, 6.07) is 16.0. The summed E-state index contributed by atoms with van der Waals surface area (Å²) >= 11 is 0. The molecule has 2 atom stereocenters. The van der Waals surface area contributed by atoms with E-state index in [9.17, 15) is 13.2 Å². The second-order valence-corrected chi connectivity index (χ2v) is 8.80. The molecule has 3 aromatic rings. The second kappa shape index (κ2) is 6.94. The number of halogens is 1. The first kappa shape index (κ1) is 18.5. The van der Waals surface area contributed by atoms with E-state index >= 15 is 4.39 Å². The summed E-state index contributed by atoms with van der Waals surface area (Å²) in [7, 11) is -4.54. The van der Waals surface area contributed by atoms with Gasteiger partial charge in [0, 0.05) is 24.3 Å². The second-order valence-electron chi connectivity index (χ2n) is 6.73. The van der Waals surface area contributed by atoms with Gasteiger partial charge in [0.25, 0.3) is 10.9 Å². The molecule has 6 nitrogen and oxygen atoms in total. The fraction of sp³-hybridized carbons (Fsp3) is 0.250. The first-order chi connectivity index (χ1) is 13.4. The van der Waals surface area contributed by atoms with Crippen molar-refractivity contribution >= 4 is 15.6 Å². The SMILES string of the molecule is O=C1CCC(C(F)(c2nc(-c3ccccc3)no2)S(=O)(=O)c2ccccc2)C1. The minimum absolute atomic E-state index is 0.0882. The number of Topliss-reactive ketones (excluding diaryl/α,β-unsaturated/α-hetero) is 1. The highest BCUT2D eigenvalue weighted by molar-refractivity contribution is 7.92. The zero-order chi connectivity index (χ0) is 19.8. The fourth-order valence-corrected chi connectivity index (χ4v) is 5.29. The molecule has 1 heterocycles. The third-order valence-electron chi connectivity index (χ3n) is 4.97. The van der Waals surface area contributed by atoms with Crippen LogP contribution in [0.5, 0.6) is 0 Å². The van der Waals surface area contributed by atoms with Crippen LogP contribution in [-0.2, 0) is 19.6 Å². The van der Waals surface area contributed by atoms with Crippen molar-refractivity contribution in [2.24, 2.45) is 5.92 Å². The van der Waals surface area contributed by atoms with Gasteiger partial charge < -0.3 is 4.52 Å². The summed E-state index contributed by atoms with van der Waals surface area (Å²) in [6.07, 6.45) is 0.0381. The van der Waals surface area contributed by atoms with E-state index in [0.29, 0.717) is 5.56 Å². The Bertz CT molecular complexity index is 1100. The lowest BCUT2D eigenvalue weighted by Crippen LogP contribution is -2.38. The number of hydrogen-bond donors (Lipinski definition) is 0. The maximum Gasteiger partial charge on any atom is 0.295 e. The number of rotatable bonds is 5. The third-order valence-corrected chi connectivity index (χ3v) is 7.15. The molecule has 0 N–H and O–H groups in total. The van der Waals surface area contributed by atoms with E-state index in [2.05, 4.69) is 10.1 Å². The number of hydrogen-bond acceptors (Lipinski definition) is 6. The Balaban J connectivity index is 1.85. The molecule has 28 heavy (non-hydrogen) atoms. The largest absolute Gasteiger partial charge is 0.334 e. The summed E-state index contributed by atoms with van der Waals surface area (Å²) in [4.78, 5) is 15.7. The average molecular weight is 400 g/mol. The summed E-state index contributed by atoms with van der Waals surface area (Å²) in [6.45, 7) is 0. The van der Waals surface area contributed by atoms with Gasteiger partial charge in [-0.3, -0.25) is 4.79 Å². The van der Waals surface area contributed by atoms with E-state index in [1.807, 2.05) is 0 Å². The predicted octanol–water partition coefficient (Wildman–Crippen LogP) is 3.70. The summed E-state index contributed by atoms with van der Waals surface area (Å²) in [5.74, 6) is -1.83. The van der Waals surface area contributed by atoms with Gasteiger partial charge in [0.15, 0.2) is 0 Å². The number of alkyl halides is 1. The number of sulfone groups is 1. The normalized spacial score (nSPS) is 19.5. The molecule has 8 heteroatoms. The van der Waals surface area contributed by atoms with Crippen molar-refractivity contribution in [1.82, 2.24) is 10.1 Å². The molecule has 0 amide bonds. The topological polar surface area (TPSA) is 90.1 Å². The fourth-order valence-electron chi connectivity index (χ4n) is 3.48. The van der Waals surface area contributed by atoms with Crippen molar-refractivity contribution in [1.29, 1.82) is 0 Å². The minimum atomic E-state index is -4.54. The number of aromatic nitrogens is 2. The van der Waals surface area contributed by atoms with Crippen molar-refractivity contribution < 1.29 is 22.1 Å². The molecule has 0 aliphatic heterocycles. The summed E-state index contributed by atoms with van der Waals surface area (Å²) in [5, 5.41) is 0.789. The average Bonchev–Trinajstić information content (AvgIpc) is 3.38. The van der Waals surface area contributed by atoms with Gasteiger partial charge in [0.05, 0.1) is 4.90 Å². The summed E-state index contributed by atoms with van der Waals surface area (Å²) < 4.78 is 48.1. The first-order valence-corrected chi connectivity index (χ1v) is 10.3. The molecule has 1 aliphatic carbocycles.